The van der Waals surface area contributed by atoms with Gasteiger partial charge in [-0.15, -0.1) is 0 Å². The lowest BCUT2D eigenvalue weighted by molar-refractivity contribution is -0.124. The molecule has 1 aromatic rings. The minimum Gasteiger partial charge on any atom is -0.350 e. The van der Waals surface area contributed by atoms with Crippen LogP contribution in [-0.4, -0.2) is 34.8 Å². The summed E-state index contributed by atoms with van der Waals surface area (Å²) >= 11 is 1.19. The Hall–Kier alpha value is -1.05. The summed E-state index contributed by atoms with van der Waals surface area (Å²) in [6, 6.07) is 0. The Bertz CT molecular complexity index is 421. The van der Waals surface area contributed by atoms with E-state index in [-0.39, 0.29) is 17.7 Å². The second kappa shape index (κ2) is 5.29. The Morgan fingerprint density at radius 2 is 2.11 bits per heavy atom. The first-order chi connectivity index (χ1) is 8.45. The molecular weight excluding hydrogens is 254 g/mol. The fourth-order valence-electron chi connectivity index (χ4n) is 1.43. The Labute approximate surface area is 110 Å². The van der Waals surface area contributed by atoms with Crippen LogP contribution in [0, 0.1) is 0 Å². The van der Waals surface area contributed by atoms with E-state index in [1.54, 1.807) is 0 Å². The van der Waals surface area contributed by atoms with Gasteiger partial charge in [0.15, 0.2) is 6.29 Å². The second-order valence-electron chi connectivity index (χ2n) is 5.10. The highest BCUT2D eigenvalue weighted by molar-refractivity contribution is 7.09. The van der Waals surface area contributed by atoms with Crippen LogP contribution in [0.25, 0.3) is 0 Å². The van der Waals surface area contributed by atoms with Crippen LogP contribution in [0.4, 0.5) is 5.13 Å². The number of aromatic nitrogens is 2. The number of amides is 1. The maximum Gasteiger partial charge on any atom is 0.231 e. The average molecular weight is 271 g/mol. The van der Waals surface area contributed by atoms with Gasteiger partial charge in [0, 0.05) is 16.9 Å². The lowest BCUT2D eigenvalue weighted by Crippen LogP contribution is -2.20. The molecule has 1 aliphatic rings. The average Bonchev–Trinajstić information content (AvgIpc) is 2.87. The molecule has 1 N–H and O–H groups in total. The van der Waals surface area contributed by atoms with Crippen molar-refractivity contribution in [3.63, 3.8) is 0 Å². The normalized spacial score (nSPS) is 17.1. The lowest BCUT2D eigenvalue weighted by Gasteiger charge is -2.12. The Morgan fingerprint density at radius 1 is 1.44 bits per heavy atom. The van der Waals surface area contributed by atoms with Gasteiger partial charge in [-0.2, -0.15) is 4.37 Å². The zero-order chi connectivity index (χ0) is 13.2. The smallest absolute Gasteiger partial charge is 0.231 e. The van der Waals surface area contributed by atoms with Crippen molar-refractivity contribution in [2.45, 2.75) is 38.9 Å². The molecule has 0 bridgehead atoms. The highest BCUT2D eigenvalue weighted by atomic mass is 32.1. The number of ether oxygens (including phenoxy) is 2. The predicted molar refractivity (Wildman–Crippen MR) is 67.5 cm³/mol. The predicted octanol–water partition coefficient (Wildman–Crippen LogP) is 1.54. The summed E-state index contributed by atoms with van der Waals surface area (Å²) in [5.74, 6) is 0.565. The first-order valence-electron chi connectivity index (χ1n) is 5.82. The molecule has 0 aliphatic carbocycles. The first-order valence-corrected chi connectivity index (χ1v) is 6.60. The molecule has 0 atom stereocenters. The molecule has 7 heteroatoms. The van der Waals surface area contributed by atoms with Crippen LogP contribution in [0.15, 0.2) is 0 Å². The first kappa shape index (κ1) is 13.4. The van der Waals surface area contributed by atoms with Gasteiger partial charge in [-0.1, -0.05) is 20.8 Å². The van der Waals surface area contributed by atoms with Crippen molar-refractivity contribution >= 4 is 22.6 Å². The van der Waals surface area contributed by atoms with E-state index >= 15 is 0 Å². The van der Waals surface area contributed by atoms with E-state index in [1.165, 1.54) is 11.5 Å². The topological polar surface area (TPSA) is 73.3 Å². The van der Waals surface area contributed by atoms with Crippen LogP contribution in [0.1, 0.15) is 33.0 Å². The SMILES string of the molecule is CC(C)(C)c1nsc(NC(=O)CC2OCCO2)n1. The molecule has 6 nitrogen and oxygen atoms in total. The molecule has 0 saturated carbocycles. The number of nitrogens with one attached hydrogen (secondary N) is 1. The lowest BCUT2D eigenvalue weighted by atomic mass is 9.96. The standard InChI is InChI=1S/C11H17N3O3S/c1-11(2,3)9-13-10(18-14-9)12-7(15)6-8-16-4-5-17-8/h8H,4-6H2,1-3H3,(H,12,13,14,15). The van der Waals surface area contributed by atoms with Crippen molar-refractivity contribution in [1.29, 1.82) is 0 Å². The second-order valence-corrected chi connectivity index (χ2v) is 5.85. The zero-order valence-electron chi connectivity index (χ0n) is 10.7. The minimum atomic E-state index is -0.431. The van der Waals surface area contributed by atoms with E-state index in [0.717, 1.165) is 5.82 Å². The summed E-state index contributed by atoms with van der Waals surface area (Å²) in [7, 11) is 0. The van der Waals surface area contributed by atoms with Crippen molar-refractivity contribution in [1.82, 2.24) is 9.36 Å². The van der Waals surface area contributed by atoms with Crippen LogP contribution in [0.3, 0.4) is 0 Å². The van der Waals surface area contributed by atoms with Crippen LogP contribution < -0.4 is 5.32 Å². The van der Waals surface area contributed by atoms with Gasteiger partial charge >= 0.3 is 0 Å². The van der Waals surface area contributed by atoms with Gasteiger partial charge in [-0.05, 0) is 0 Å². The van der Waals surface area contributed by atoms with Crippen molar-refractivity contribution in [3.05, 3.63) is 5.82 Å². The summed E-state index contributed by atoms with van der Waals surface area (Å²) in [6.07, 6.45) is -0.246. The van der Waals surface area contributed by atoms with Crippen molar-refractivity contribution in [2.24, 2.45) is 0 Å². The third-order valence-electron chi connectivity index (χ3n) is 2.39. The highest BCUT2D eigenvalue weighted by Crippen LogP contribution is 2.23. The van der Waals surface area contributed by atoms with Crippen LogP contribution in [-0.2, 0) is 19.7 Å². The number of hydrogen-bond acceptors (Lipinski definition) is 6. The van der Waals surface area contributed by atoms with Crippen molar-refractivity contribution in [2.75, 3.05) is 18.5 Å². The van der Waals surface area contributed by atoms with Crippen LogP contribution >= 0.6 is 11.5 Å². The van der Waals surface area contributed by atoms with Gasteiger partial charge in [-0.3, -0.25) is 4.79 Å². The summed E-state index contributed by atoms with van der Waals surface area (Å²) in [5, 5.41) is 3.22. The number of carbonyl (C=O) groups is 1. The minimum absolute atomic E-state index is 0.114. The molecule has 18 heavy (non-hydrogen) atoms. The Kier molecular flexibility index (Phi) is 3.94. The van der Waals surface area contributed by atoms with E-state index in [2.05, 4.69) is 14.7 Å². The van der Waals surface area contributed by atoms with Crippen molar-refractivity contribution in [3.8, 4) is 0 Å². The van der Waals surface area contributed by atoms with Crippen LogP contribution in [0.5, 0.6) is 0 Å². The van der Waals surface area contributed by atoms with E-state index in [9.17, 15) is 4.79 Å². The van der Waals surface area contributed by atoms with Crippen molar-refractivity contribution < 1.29 is 14.3 Å². The number of carbonyl (C=O) groups excluding carboxylic acids is 1. The van der Waals surface area contributed by atoms with Gasteiger partial charge in [0.25, 0.3) is 0 Å². The quantitative estimate of drug-likeness (QED) is 0.902. The number of anilines is 1. The highest BCUT2D eigenvalue weighted by Gasteiger charge is 2.22. The maximum absolute atomic E-state index is 11.7. The molecular formula is C11H17N3O3S. The maximum atomic E-state index is 11.7. The van der Waals surface area contributed by atoms with E-state index in [0.29, 0.717) is 18.3 Å². The molecule has 1 aliphatic heterocycles. The van der Waals surface area contributed by atoms with E-state index in [4.69, 9.17) is 9.47 Å². The Morgan fingerprint density at radius 3 is 2.67 bits per heavy atom. The molecule has 100 valence electrons. The molecule has 0 aromatic carbocycles. The molecule has 0 spiro atoms. The summed E-state index contributed by atoms with van der Waals surface area (Å²) < 4.78 is 14.6. The zero-order valence-corrected chi connectivity index (χ0v) is 11.5. The monoisotopic (exact) mass is 271 g/mol. The fourth-order valence-corrected chi connectivity index (χ4v) is 2.20. The van der Waals surface area contributed by atoms with E-state index < -0.39 is 6.29 Å². The molecule has 1 aromatic heterocycles. The molecule has 0 radical (unpaired) electrons. The number of hydrogen-bond donors (Lipinski definition) is 1. The summed E-state index contributed by atoms with van der Waals surface area (Å²) in [5.41, 5.74) is -0.114. The third kappa shape index (κ3) is 3.47. The van der Waals surface area contributed by atoms with Gasteiger partial charge in [0.05, 0.1) is 19.6 Å². The van der Waals surface area contributed by atoms with Crippen LogP contribution in [0.2, 0.25) is 0 Å². The molecule has 1 amide bonds. The Balaban J connectivity index is 1.88. The summed E-state index contributed by atoms with van der Waals surface area (Å²) in [6.45, 7) is 7.18. The van der Waals surface area contributed by atoms with Gasteiger partial charge in [-0.25, -0.2) is 4.98 Å². The molecule has 2 heterocycles. The summed E-state index contributed by atoms with van der Waals surface area (Å²) in [4.78, 5) is 16.0. The van der Waals surface area contributed by atoms with E-state index in [1.807, 2.05) is 20.8 Å². The number of nitrogens with zero attached hydrogens (tertiary/aromatic N) is 2. The molecule has 1 saturated heterocycles. The molecule has 2 rings (SSSR count). The third-order valence-corrected chi connectivity index (χ3v) is 3.02. The molecule has 0 unspecified atom stereocenters. The van der Waals surface area contributed by atoms with Gasteiger partial charge in [0.1, 0.15) is 5.82 Å². The molecule has 1 fully saturated rings. The fraction of sp³-hybridized carbons (Fsp3) is 0.727. The largest absolute Gasteiger partial charge is 0.350 e. The van der Waals surface area contributed by atoms with Gasteiger partial charge < -0.3 is 14.8 Å². The number of rotatable bonds is 3. The van der Waals surface area contributed by atoms with Gasteiger partial charge in [0.2, 0.25) is 11.0 Å².